The molecule has 0 aromatic heterocycles. The lowest BCUT2D eigenvalue weighted by atomic mass is 10.1. The molecular weight excluding hydrogens is 226 g/mol. The van der Waals surface area contributed by atoms with Crippen LogP contribution in [0.2, 0.25) is 0 Å². The Labute approximate surface area is 96.0 Å². The molecule has 0 unspecified atom stereocenters. The zero-order valence-corrected chi connectivity index (χ0v) is 10.1. The van der Waals surface area contributed by atoms with Crippen molar-refractivity contribution in [3.8, 4) is 0 Å². The number of sulfone groups is 1. The molecule has 3 N–H and O–H groups in total. The van der Waals surface area contributed by atoms with Gasteiger partial charge in [-0.2, -0.15) is 0 Å². The quantitative estimate of drug-likeness (QED) is 0.804. The normalized spacial score (nSPS) is 13.7. The molecule has 1 rings (SSSR count). The first kappa shape index (κ1) is 13.2. The zero-order valence-electron chi connectivity index (χ0n) is 9.26. The van der Waals surface area contributed by atoms with Crippen molar-refractivity contribution in [2.45, 2.75) is 24.3 Å². The average molecular weight is 243 g/mol. The SMILES string of the molecule is CCS(=O)(=O)c1ccc([C@H](N)CCO)cc1. The molecule has 0 aliphatic carbocycles. The predicted molar refractivity (Wildman–Crippen MR) is 62.8 cm³/mol. The second-order valence-corrected chi connectivity index (χ2v) is 5.87. The Morgan fingerprint density at radius 2 is 1.88 bits per heavy atom. The van der Waals surface area contributed by atoms with Crippen LogP contribution >= 0.6 is 0 Å². The van der Waals surface area contributed by atoms with E-state index < -0.39 is 9.84 Å². The minimum absolute atomic E-state index is 0.0240. The van der Waals surface area contributed by atoms with Gasteiger partial charge in [0.05, 0.1) is 10.6 Å². The van der Waals surface area contributed by atoms with Crippen LogP contribution in [0, 0.1) is 0 Å². The molecule has 90 valence electrons. The molecule has 0 bridgehead atoms. The van der Waals surface area contributed by atoms with Gasteiger partial charge in [-0.15, -0.1) is 0 Å². The smallest absolute Gasteiger partial charge is 0.178 e. The maximum absolute atomic E-state index is 11.5. The number of benzene rings is 1. The van der Waals surface area contributed by atoms with Crippen LogP contribution in [-0.2, 0) is 9.84 Å². The third kappa shape index (κ3) is 3.04. The molecule has 1 atom stereocenters. The molecule has 0 saturated heterocycles. The molecule has 0 amide bonds. The van der Waals surface area contributed by atoms with E-state index in [9.17, 15) is 8.42 Å². The van der Waals surface area contributed by atoms with E-state index in [1.54, 1.807) is 31.2 Å². The average Bonchev–Trinajstić information content (AvgIpc) is 2.29. The van der Waals surface area contributed by atoms with Gasteiger partial charge in [-0.3, -0.25) is 0 Å². The zero-order chi connectivity index (χ0) is 12.2. The van der Waals surface area contributed by atoms with Crippen LogP contribution < -0.4 is 5.73 Å². The highest BCUT2D eigenvalue weighted by atomic mass is 32.2. The predicted octanol–water partition coefficient (Wildman–Crippen LogP) is 0.862. The van der Waals surface area contributed by atoms with E-state index in [-0.39, 0.29) is 18.4 Å². The Morgan fingerprint density at radius 3 is 2.31 bits per heavy atom. The van der Waals surface area contributed by atoms with Crippen LogP contribution in [0.15, 0.2) is 29.2 Å². The lowest BCUT2D eigenvalue weighted by Gasteiger charge is -2.10. The van der Waals surface area contributed by atoms with Gasteiger partial charge in [0.25, 0.3) is 0 Å². The molecule has 0 fully saturated rings. The highest BCUT2D eigenvalue weighted by molar-refractivity contribution is 7.91. The molecule has 0 spiro atoms. The van der Waals surface area contributed by atoms with Crippen LogP contribution in [0.5, 0.6) is 0 Å². The standard InChI is InChI=1S/C11H17NO3S/c1-2-16(14,15)10-5-3-9(4-6-10)11(12)7-8-13/h3-6,11,13H,2,7-8,12H2,1H3/t11-/m1/s1. The first-order valence-electron chi connectivity index (χ1n) is 5.20. The van der Waals surface area contributed by atoms with Crippen molar-refractivity contribution in [3.63, 3.8) is 0 Å². The summed E-state index contributed by atoms with van der Waals surface area (Å²) in [5.74, 6) is 0.0923. The largest absolute Gasteiger partial charge is 0.396 e. The van der Waals surface area contributed by atoms with Crippen molar-refractivity contribution in [2.75, 3.05) is 12.4 Å². The van der Waals surface area contributed by atoms with Gasteiger partial charge in [0.15, 0.2) is 9.84 Å². The van der Waals surface area contributed by atoms with Gasteiger partial charge in [0.2, 0.25) is 0 Å². The highest BCUT2D eigenvalue weighted by Gasteiger charge is 2.12. The van der Waals surface area contributed by atoms with Crippen LogP contribution in [0.3, 0.4) is 0 Å². The minimum Gasteiger partial charge on any atom is -0.396 e. The van der Waals surface area contributed by atoms with E-state index in [4.69, 9.17) is 10.8 Å². The van der Waals surface area contributed by atoms with Crippen molar-refractivity contribution < 1.29 is 13.5 Å². The lowest BCUT2D eigenvalue weighted by molar-refractivity contribution is 0.276. The highest BCUT2D eigenvalue weighted by Crippen LogP contribution is 2.17. The summed E-state index contributed by atoms with van der Waals surface area (Å²) in [7, 11) is -3.14. The first-order chi connectivity index (χ1) is 7.51. The summed E-state index contributed by atoms with van der Waals surface area (Å²) in [5, 5.41) is 8.74. The monoisotopic (exact) mass is 243 g/mol. The van der Waals surface area contributed by atoms with Crippen LogP contribution in [0.4, 0.5) is 0 Å². The maximum atomic E-state index is 11.5. The molecule has 0 aliphatic heterocycles. The number of hydrogen-bond acceptors (Lipinski definition) is 4. The third-order valence-electron chi connectivity index (χ3n) is 2.49. The summed E-state index contributed by atoms with van der Waals surface area (Å²) < 4.78 is 23.1. The Hall–Kier alpha value is -0.910. The van der Waals surface area contributed by atoms with Crippen molar-refractivity contribution in [2.24, 2.45) is 5.73 Å². The Kier molecular flexibility index (Phi) is 4.46. The number of aliphatic hydroxyl groups excluding tert-OH is 1. The second-order valence-electron chi connectivity index (χ2n) is 3.59. The fourth-order valence-corrected chi connectivity index (χ4v) is 2.28. The fraction of sp³-hybridized carbons (Fsp3) is 0.455. The molecular formula is C11H17NO3S. The summed E-state index contributed by atoms with van der Waals surface area (Å²) in [6.07, 6.45) is 0.472. The number of hydrogen-bond donors (Lipinski definition) is 2. The van der Waals surface area contributed by atoms with Gasteiger partial charge in [-0.25, -0.2) is 8.42 Å². The maximum Gasteiger partial charge on any atom is 0.178 e. The second kappa shape index (κ2) is 5.43. The van der Waals surface area contributed by atoms with Crippen LogP contribution in [0.1, 0.15) is 24.9 Å². The Bertz CT molecular complexity index is 425. The van der Waals surface area contributed by atoms with Gasteiger partial charge in [0.1, 0.15) is 0 Å². The topological polar surface area (TPSA) is 80.4 Å². The molecule has 4 nitrogen and oxygen atoms in total. The van der Waals surface area contributed by atoms with E-state index in [2.05, 4.69) is 0 Å². The molecule has 1 aromatic carbocycles. The summed E-state index contributed by atoms with van der Waals surface area (Å²) in [4.78, 5) is 0.315. The summed E-state index contributed by atoms with van der Waals surface area (Å²) in [6.45, 7) is 1.64. The summed E-state index contributed by atoms with van der Waals surface area (Å²) in [5.41, 5.74) is 6.62. The van der Waals surface area contributed by atoms with Gasteiger partial charge in [-0.1, -0.05) is 19.1 Å². The summed E-state index contributed by atoms with van der Waals surface area (Å²) in [6, 6.07) is 6.27. The lowest BCUT2D eigenvalue weighted by Crippen LogP contribution is -2.12. The Morgan fingerprint density at radius 1 is 1.31 bits per heavy atom. The van der Waals surface area contributed by atoms with Crippen molar-refractivity contribution in [1.82, 2.24) is 0 Å². The molecule has 0 saturated carbocycles. The minimum atomic E-state index is -3.14. The van der Waals surface area contributed by atoms with E-state index in [1.807, 2.05) is 0 Å². The van der Waals surface area contributed by atoms with E-state index in [0.717, 1.165) is 5.56 Å². The Balaban J connectivity index is 2.91. The third-order valence-corrected chi connectivity index (χ3v) is 4.24. The molecule has 1 aromatic rings. The van der Waals surface area contributed by atoms with E-state index in [0.29, 0.717) is 11.3 Å². The molecule has 0 radical (unpaired) electrons. The van der Waals surface area contributed by atoms with Gasteiger partial charge in [-0.05, 0) is 24.1 Å². The van der Waals surface area contributed by atoms with Crippen molar-refractivity contribution >= 4 is 9.84 Å². The van der Waals surface area contributed by atoms with Gasteiger partial charge < -0.3 is 10.8 Å². The fourth-order valence-electron chi connectivity index (χ4n) is 1.39. The first-order valence-corrected chi connectivity index (χ1v) is 6.85. The van der Waals surface area contributed by atoms with E-state index >= 15 is 0 Å². The van der Waals surface area contributed by atoms with Crippen LogP contribution in [0.25, 0.3) is 0 Å². The summed E-state index contributed by atoms with van der Waals surface area (Å²) >= 11 is 0. The van der Waals surface area contributed by atoms with Crippen molar-refractivity contribution in [3.05, 3.63) is 29.8 Å². The number of nitrogens with two attached hydrogens (primary N) is 1. The van der Waals surface area contributed by atoms with Gasteiger partial charge >= 0.3 is 0 Å². The van der Waals surface area contributed by atoms with Crippen LogP contribution in [-0.4, -0.2) is 25.9 Å². The van der Waals surface area contributed by atoms with E-state index in [1.165, 1.54) is 0 Å². The van der Waals surface area contributed by atoms with Gasteiger partial charge in [0, 0.05) is 12.6 Å². The molecule has 0 heterocycles. The molecule has 5 heteroatoms. The molecule has 16 heavy (non-hydrogen) atoms. The molecule has 0 aliphatic rings. The number of aliphatic hydroxyl groups is 1. The van der Waals surface area contributed by atoms with Crippen molar-refractivity contribution in [1.29, 1.82) is 0 Å². The number of rotatable bonds is 5.